The summed E-state index contributed by atoms with van der Waals surface area (Å²) in [5.41, 5.74) is 9.17. The minimum atomic E-state index is -0.946. The fourth-order valence-electron chi connectivity index (χ4n) is 26.8. The van der Waals surface area contributed by atoms with Gasteiger partial charge < -0.3 is 56.5 Å². The van der Waals surface area contributed by atoms with Gasteiger partial charge in [-0.2, -0.15) is 0 Å². The Morgan fingerprint density at radius 1 is 0.471 bits per heavy atom. The zero-order chi connectivity index (χ0) is 85.3. The van der Waals surface area contributed by atoms with E-state index in [1.165, 1.54) is 108 Å². The Balaban J connectivity index is 0.000000350. The van der Waals surface area contributed by atoms with Crippen molar-refractivity contribution in [1.29, 1.82) is 0 Å². The number of carboxylic acid groups (broad SMARTS) is 1. The van der Waals surface area contributed by atoms with E-state index in [2.05, 4.69) is 113 Å². The first-order valence-electron chi connectivity index (χ1n) is 44.1. The molecule has 18 heteroatoms. The Morgan fingerprint density at radius 3 is 1.20 bits per heavy atom. The summed E-state index contributed by atoms with van der Waals surface area (Å²) < 4.78 is 20.7. The number of rotatable bonds is 20. The van der Waals surface area contributed by atoms with Crippen LogP contribution in [-0.4, -0.2) is 127 Å². The van der Waals surface area contributed by atoms with Crippen molar-refractivity contribution >= 4 is 53.8 Å². The number of ether oxygens (including phenoxy) is 4. The molecular formula is C103H148ClNa3O14. The predicted octanol–water partition coefficient (Wildman–Crippen LogP) is 12.2. The molecule has 121 heavy (non-hydrogen) atoms. The van der Waals surface area contributed by atoms with Crippen molar-refractivity contribution in [2.24, 2.45) is 113 Å². The van der Waals surface area contributed by atoms with E-state index in [0.717, 1.165) is 72.6 Å². The number of methoxy groups -OCH3 is 1. The van der Waals surface area contributed by atoms with E-state index >= 15 is 0 Å². The van der Waals surface area contributed by atoms with E-state index in [4.69, 9.17) is 36.0 Å². The van der Waals surface area contributed by atoms with Gasteiger partial charge in [-0.1, -0.05) is 257 Å². The Kier molecular flexibility index (Phi) is 42.8. The number of allylic oxidation sites excluding steroid dienone is 2. The van der Waals surface area contributed by atoms with Gasteiger partial charge in [-0.3, -0.25) is 4.79 Å². The van der Waals surface area contributed by atoms with E-state index in [1.807, 2.05) is 140 Å². The number of halogens is 1. The average molecular weight is 1710 g/mol. The maximum atomic E-state index is 12.9. The molecule has 14 nitrogen and oxygen atoms in total. The summed E-state index contributed by atoms with van der Waals surface area (Å²) >= 11 is 4.98. The predicted molar refractivity (Wildman–Crippen MR) is 477 cm³/mol. The summed E-state index contributed by atoms with van der Waals surface area (Å²) in [6.07, 6.45) is 38.5. The summed E-state index contributed by atoms with van der Waals surface area (Å²) in [6, 6.07) is 39.6. The SMILES string of the molecule is C=C(C)[C@@H]1CC[C@]2(CO)CC[C@]3(C)C(CCC4[C@@]5(C)CC[C@H](O)C(C)(C)C5CC[C@]43C)C12.C=C(C)[C@@H]1CC[C@]2(COC(=O)COC/C=C/c3ccccc3)CC[C@]3(C)C(CCC4[C@@]5(C)CC[C@H](O)C(C)(C)C5CC[C@]43C)C12.COC(=O)CCl.O=C(O)COC/C=C/c1ccccc1.OC/C=C/c1ccccc1.[H-].[Na+].[Na+].[Na+].[O-]C/C=C/c1ccccc1.[OH-]. The summed E-state index contributed by atoms with van der Waals surface area (Å²) in [7, 11) is 1.30. The first-order chi connectivity index (χ1) is 55.6. The standard InChI is InChI=1S/C41H60O4.C30H50O2.C11H12O3.C9H10O.C9H9O.C3H5ClO2.3Na.H2O.H/c1-28(2)30-17-22-41(27-45-35(43)26-44-25-11-14-29-12-9-8-10-13-29)24-23-39(6)31(36(30)41)15-16-33-38(5)20-19-34(42)37(3,4)32(38)18-21-40(33,39)7;1-19(2)20-10-15-30(18-31)17-16-28(6)21(25(20)30)8-9-23-27(5)13-12-24(32)26(3,4)22(27)11-14-29(23,28)7;12-11(13)9-14-8-4-7-10-5-2-1-3-6-10;2*10-8-4-7-9-5-2-1-3-6-9;1-6-3(5)2-4;;;;;/h8-14,30-34,36,42H,1,15-27H2,2-7H3;20-25,31-32H,1,8-18H2,2-7H3;1-7H,8-9H2,(H,12,13);1-7,10H,8H2;1-7H,8H2;2H2,1H3;;;;1H2;/q;;;;-1;;3*+1;;-1/p-1/b14-11+;;3*7-4+;;;;;;/t30-,31?,32?,33?,34-,36?,38-,39+,40+,41+;20-,21?,22?,23?,24-,25?,27-,28+,29+,30+;;;;;;;;;/m00........./s1. The number of aliphatic carboxylic acids is 1. The van der Waals surface area contributed by atoms with Crippen LogP contribution in [0.25, 0.3) is 24.3 Å². The summed E-state index contributed by atoms with van der Waals surface area (Å²) in [4.78, 5) is 32.9. The number of alkyl halides is 1. The maximum absolute atomic E-state index is 12.9. The molecule has 0 saturated heterocycles. The van der Waals surface area contributed by atoms with Gasteiger partial charge in [0.2, 0.25) is 0 Å². The quantitative estimate of drug-likeness (QED) is 0.0182. The van der Waals surface area contributed by atoms with Crippen LogP contribution in [0, 0.1) is 113 Å². The van der Waals surface area contributed by atoms with Crippen LogP contribution in [0.3, 0.4) is 0 Å². The molecule has 6 N–H and O–H groups in total. The number of carbonyl (C=O) groups excluding carboxylic acids is 2. The first kappa shape index (κ1) is 108. The number of carbonyl (C=O) groups is 3. The van der Waals surface area contributed by atoms with E-state index in [1.54, 1.807) is 18.2 Å². The fourth-order valence-corrected chi connectivity index (χ4v) is 26.9. The van der Waals surface area contributed by atoms with Crippen molar-refractivity contribution in [3.63, 3.8) is 0 Å². The fraction of sp³-hybridized carbons (Fsp3) is 0.621. The monoisotopic (exact) mass is 1710 g/mol. The van der Waals surface area contributed by atoms with Crippen LogP contribution >= 0.6 is 11.6 Å². The van der Waals surface area contributed by atoms with Crippen molar-refractivity contribution in [2.45, 2.75) is 224 Å². The topological polar surface area (TPSA) is 242 Å². The third-order valence-corrected chi connectivity index (χ3v) is 33.3. The van der Waals surface area contributed by atoms with Gasteiger partial charge in [-0.15, -0.1) is 24.3 Å². The van der Waals surface area contributed by atoms with Crippen LogP contribution in [0.5, 0.6) is 0 Å². The molecule has 0 aromatic heterocycles. The van der Waals surface area contributed by atoms with Crippen molar-refractivity contribution in [2.75, 3.05) is 65.8 Å². The number of hydrogen-bond donors (Lipinski definition) is 5. The maximum Gasteiger partial charge on any atom is 1.00 e. The Morgan fingerprint density at radius 2 is 0.843 bits per heavy atom. The molecule has 20 atom stereocenters. The molecule has 4 aromatic rings. The molecule has 14 rings (SSSR count). The van der Waals surface area contributed by atoms with Gasteiger partial charge in [0.05, 0.1) is 45.7 Å². The van der Waals surface area contributed by atoms with E-state index < -0.39 is 11.9 Å². The molecule has 0 aliphatic heterocycles. The van der Waals surface area contributed by atoms with Crippen molar-refractivity contribution < 1.29 is 160 Å². The molecular weight excluding hydrogens is 1570 g/mol. The molecule has 8 unspecified atom stereocenters. The first-order valence-corrected chi connectivity index (χ1v) is 44.6. The second kappa shape index (κ2) is 47.8. The number of hydrogen-bond acceptors (Lipinski definition) is 13. The van der Waals surface area contributed by atoms with Gasteiger partial charge in [0.15, 0.2) is 0 Å². The van der Waals surface area contributed by atoms with Gasteiger partial charge in [0.1, 0.15) is 19.1 Å². The number of aliphatic hydroxyl groups is 4. The molecule has 10 aliphatic carbocycles. The van der Waals surface area contributed by atoms with Gasteiger partial charge in [-0.05, 0) is 272 Å². The zero-order valence-corrected chi connectivity index (χ0v) is 83.6. The molecule has 0 amide bonds. The average Bonchev–Trinajstić information content (AvgIpc) is 1.25. The second-order valence-corrected chi connectivity index (χ2v) is 39.7. The molecule has 0 heterocycles. The number of esters is 2. The number of benzene rings is 4. The van der Waals surface area contributed by atoms with Gasteiger partial charge in [0, 0.05) is 12.0 Å². The van der Waals surface area contributed by atoms with Crippen molar-refractivity contribution in [3.05, 3.63) is 192 Å². The number of fused-ring (bicyclic) bond motifs is 14. The molecule has 10 fully saturated rings. The smallest absolute Gasteiger partial charge is 1.00 e. The molecule has 10 saturated carbocycles. The molecule has 0 bridgehead atoms. The van der Waals surface area contributed by atoms with Crippen molar-refractivity contribution in [3.8, 4) is 0 Å². The minimum Gasteiger partial charge on any atom is -1.00 e. The molecule has 0 spiro atoms. The van der Waals surface area contributed by atoms with Crippen LogP contribution in [0.15, 0.2) is 170 Å². The Hall–Kier alpha value is -3.30. The normalized spacial score (nSPS) is 34.5. The third kappa shape index (κ3) is 24.2. The molecule has 0 radical (unpaired) electrons. The van der Waals surface area contributed by atoms with E-state index in [-0.39, 0.29) is 184 Å². The largest absolute Gasteiger partial charge is 1.00 e. The van der Waals surface area contributed by atoms with Crippen LogP contribution in [0.2, 0.25) is 0 Å². The third-order valence-electron chi connectivity index (χ3n) is 33.1. The van der Waals surface area contributed by atoms with Gasteiger partial charge in [0.25, 0.3) is 0 Å². The van der Waals surface area contributed by atoms with E-state index in [9.17, 15) is 34.8 Å². The summed E-state index contributed by atoms with van der Waals surface area (Å²) in [5.74, 6) is 4.61. The van der Waals surface area contributed by atoms with Crippen LogP contribution in [0.1, 0.15) is 235 Å². The van der Waals surface area contributed by atoms with Crippen LogP contribution in [0.4, 0.5) is 0 Å². The van der Waals surface area contributed by atoms with Crippen molar-refractivity contribution in [1.82, 2.24) is 0 Å². The summed E-state index contributed by atoms with van der Waals surface area (Å²) in [6.45, 7) is 40.1. The minimum absolute atomic E-state index is 0. The molecule has 4 aromatic carbocycles. The van der Waals surface area contributed by atoms with Crippen LogP contribution < -0.4 is 93.8 Å². The Bertz CT molecular complexity index is 3940. The Labute approximate surface area is 800 Å². The van der Waals surface area contributed by atoms with Gasteiger partial charge >= 0.3 is 107 Å². The van der Waals surface area contributed by atoms with Gasteiger partial charge in [-0.25, -0.2) is 9.59 Å². The van der Waals surface area contributed by atoms with E-state index in [0.29, 0.717) is 90.0 Å². The molecule has 10 aliphatic rings. The second-order valence-electron chi connectivity index (χ2n) is 39.4. The zero-order valence-electron chi connectivity index (χ0n) is 77.8. The number of carboxylic acids is 1. The number of aliphatic hydroxyl groups excluding tert-OH is 4. The summed E-state index contributed by atoms with van der Waals surface area (Å²) in [5, 5.41) is 59.3. The van der Waals surface area contributed by atoms with Crippen LogP contribution in [-0.2, 0) is 33.3 Å². The molecule has 654 valence electrons.